The summed E-state index contributed by atoms with van der Waals surface area (Å²) in [5.41, 5.74) is 1.33. The van der Waals surface area contributed by atoms with Crippen LogP contribution in [0.2, 0.25) is 0 Å². The third-order valence-corrected chi connectivity index (χ3v) is 4.55. The summed E-state index contributed by atoms with van der Waals surface area (Å²) in [6, 6.07) is 10.8. The summed E-state index contributed by atoms with van der Waals surface area (Å²) in [5.74, 6) is 1.33. The number of nitrogens with one attached hydrogen (secondary N) is 1. The first-order chi connectivity index (χ1) is 11.6. The zero-order chi connectivity index (χ0) is 17.5. The fraction of sp³-hybridized carbons (Fsp3) is 0.333. The summed E-state index contributed by atoms with van der Waals surface area (Å²) in [6.07, 6.45) is 0. The van der Waals surface area contributed by atoms with Crippen LogP contribution in [0.25, 0.3) is 0 Å². The molecule has 0 saturated heterocycles. The van der Waals surface area contributed by atoms with E-state index in [9.17, 15) is 9.59 Å². The van der Waals surface area contributed by atoms with Crippen molar-refractivity contribution in [2.45, 2.75) is 25.3 Å². The number of carbonyl (C=O) groups excluding carboxylic acids is 1. The summed E-state index contributed by atoms with van der Waals surface area (Å²) < 4.78 is 6.70. The molecule has 0 bridgehead atoms. The Morgan fingerprint density at radius 2 is 2.04 bits per heavy atom. The first-order valence-electron chi connectivity index (χ1n) is 7.82. The maximum Gasteiger partial charge on any atom is 0.254 e. The van der Waals surface area contributed by atoms with Crippen molar-refractivity contribution < 1.29 is 9.53 Å². The lowest BCUT2D eigenvalue weighted by Gasteiger charge is -2.13. The van der Waals surface area contributed by atoms with Gasteiger partial charge >= 0.3 is 0 Å². The molecule has 0 unspecified atom stereocenters. The van der Waals surface area contributed by atoms with Crippen LogP contribution in [0.4, 0.5) is 0 Å². The number of thioether (sulfide) groups is 1. The summed E-state index contributed by atoms with van der Waals surface area (Å²) in [5, 5.41) is 2.89. The third kappa shape index (κ3) is 4.41. The van der Waals surface area contributed by atoms with Crippen LogP contribution in [-0.2, 0) is 6.54 Å². The van der Waals surface area contributed by atoms with Gasteiger partial charge in [-0.15, -0.1) is 11.8 Å². The van der Waals surface area contributed by atoms with Gasteiger partial charge in [-0.1, -0.05) is 19.1 Å². The first-order valence-corrected chi connectivity index (χ1v) is 8.81. The Balaban J connectivity index is 2.02. The highest BCUT2D eigenvalue weighted by Crippen LogP contribution is 2.22. The molecule has 1 amide bonds. The highest BCUT2D eigenvalue weighted by atomic mass is 32.2. The molecule has 0 aliphatic rings. The van der Waals surface area contributed by atoms with E-state index >= 15 is 0 Å². The number of rotatable bonds is 7. The van der Waals surface area contributed by atoms with E-state index in [0.29, 0.717) is 24.4 Å². The predicted molar refractivity (Wildman–Crippen MR) is 97.2 cm³/mol. The van der Waals surface area contributed by atoms with Crippen LogP contribution in [0.15, 0.2) is 46.1 Å². The van der Waals surface area contributed by atoms with Crippen LogP contribution in [0.5, 0.6) is 5.75 Å². The van der Waals surface area contributed by atoms with Crippen molar-refractivity contribution in [3.63, 3.8) is 0 Å². The Morgan fingerprint density at radius 1 is 1.29 bits per heavy atom. The minimum atomic E-state index is -0.136. The second-order valence-corrected chi connectivity index (χ2v) is 6.52. The lowest BCUT2D eigenvalue weighted by molar-refractivity contribution is 0.0949. The summed E-state index contributed by atoms with van der Waals surface area (Å²) in [7, 11) is 1.53. The predicted octanol–water partition coefficient (Wildman–Crippen LogP) is 2.71. The fourth-order valence-corrected chi connectivity index (χ4v) is 3.22. The van der Waals surface area contributed by atoms with Crippen LogP contribution in [0.1, 0.15) is 23.0 Å². The molecule has 0 saturated carbocycles. The van der Waals surface area contributed by atoms with Crippen molar-refractivity contribution in [3.8, 4) is 5.75 Å². The molecule has 2 aromatic rings. The van der Waals surface area contributed by atoms with E-state index in [1.165, 1.54) is 13.2 Å². The van der Waals surface area contributed by atoms with Crippen molar-refractivity contribution >= 4 is 17.7 Å². The largest absolute Gasteiger partial charge is 0.496 e. The van der Waals surface area contributed by atoms with Gasteiger partial charge in [0.25, 0.3) is 11.5 Å². The number of ether oxygens (including phenoxy) is 1. The van der Waals surface area contributed by atoms with Gasteiger partial charge in [-0.25, -0.2) is 0 Å². The third-order valence-electron chi connectivity index (χ3n) is 3.60. The molecule has 0 aliphatic heterocycles. The highest BCUT2D eigenvalue weighted by molar-refractivity contribution is 7.99. The van der Waals surface area contributed by atoms with Gasteiger partial charge in [-0.3, -0.25) is 9.59 Å². The number of carbonyl (C=O) groups is 1. The Morgan fingerprint density at radius 3 is 2.71 bits per heavy atom. The average Bonchev–Trinajstić information content (AvgIpc) is 2.57. The molecule has 0 fully saturated rings. The molecule has 1 aromatic carbocycles. The molecule has 1 aromatic heterocycles. The molecule has 0 radical (unpaired) electrons. The minimum absolute atomic E-state index is 0.120. The smallest absolute Gasteiger partial charge is 0.254 e. The Kier molecular flexibility index (Phi) is 6.49. The lowest BCUT2D eigenvalue weighted by Crippen LogP contribution is -2.31. The second kappa shape index (κ2) is 8.59. The molecule has 128 valence electrons. The Hall–Kier alpha value is -2.21. The molecule has 5 nitrogen and oxygen atoms in total. The maximum atomic E-state index is 12.4. The van der Waals surface area contributed by atoms with Gasteiger partial charge in [-0.2, -0.15) is 0 Å². The topological polar surface area (TPSA) is 60.3 Å². The number of aromatic nitrogens is 1. The molecule has 1 heterocycles. The van der Waals surface area contributed by atoms with Crippen molar-refractivity contribution in [3.05, 3.63) is 58.0 Å². The first kappa shape index (κ1) is 18.1. The van der Waals surface area contributed by atoms with Crippen molar-refractivity contribution in [2.24, 2.45) is 0 Å². The molecule has 0 spiro atoms. The van der Waals surface area contributed by atoms with E-state index in [4.69, 9.17) is 4.74 Å². The molecular weight excluding hydrogens is 324 g/mol. The number of methoxy groups -OCH3 is 1. The quantitative estimate of drug-likeness (QED) is 0.783. The molecule has 24 heavy (non-hydrogen) atoms. The van der Waals surface area contributed by atoms with Crippen LogP contribution in [-0.4, -0.2) is 29.9 Å². The zero-order valence-corrected chi connectivity index (χ0v) is 15.0. The van der Waals surface area contributed by atoms with Crippen molar-refractivity contribution in [1.82, 2.24) is 9.88 Å². The van der Waals surface area contributed by atoms with Crippen molar-refractivity contribution in [1.29, 1.82) is 0 Å². The molecular formula is C18H22N2O3S. The second-order valence-electron chi connectivity index (χ2n) is 5.21. The maximum absolute atomic E-state index is 12.4. The number of nitrogens with zero attached hydrogens (tertiary/aromatic N) is 1. The summed E-state index contributed by atoms with van der Waals surface area (Å²) in [6.45, 7) is 4.71. The summed E-state index contributed by atoms with van der Waals surface area (Å²) in [4.78, 5) is 25.4. The van der Waals surface area contributed by atoms with Crippen LogP contribution in [0, 0.1) is 6.92 Å². The average molecular weight is 346 g/mol. The number of hydrogen-bond donors (Lipinski definition) is 1. The number of amides is 1. The Bertz CT molecular complexity index is 771. The molecule has 0 aliphatic carbocycles. The van der Waals surface area contributed by atoms with Crippen LogP contribution >= 0.6 is 11.8 Å². The van der Waals surface area contributed by atoms with E-state index in [1.807, 2.05) is 31.2 Å². The monoisotopic (exact) mass is 346 g/mol. The van der Waals surface area contributed by atoms with Crippen LogP contribution in [0.3, 0.4) is 0 Å². The van der Waals surface area contributed by atoms with Crippen LogP contribution < -0.4 is 15.6 Å². The van der Waals surface area contributed by atoms with Gasteiger partial charge in [-0.05, 0) is 30.9 Å². The zero-order valence-electron chi connectivity index (χ0n) is 14.2. The SMILES string of the molecule is CCSc1ccccc1C(=O)NCCn1c(C)cc(OC)cc1=O. The molecule has 1 N–H and O–H groups in total. The van der Waals surface area contributed by atoms with E-state index in [2.05, 4.69) is 12.2 Å². The van der Waals surface area contributed by atoms with Crippen molar-refractivity contribution in [2.75, 3.05) is 19.4 Å². The number of benzene rings is 1. The van der Waals surface area contributed by atoms with E-state index in [1.54, 1.807) is 22.4 Å². The number of pyridine rings is 1. The molecule has 2 rings (SSSR count). The lowest BCUT2D eigenvalue weighted by atomic mass is 10.2. The van der Waals surface area contributed by atoms with E-state index in [0.717, 1.165) is 16.3 Å². The molecule has 6 heteroatoms. The van der Waals surface area contributed by atoms with Gasteiger partial charge < -0.3 is 14.6 Å². The summed E-state index contributed by atoms with van der Waals surface area (Å²) >= 11 is 1.64. The van der Waals surface area contributed by atoms with Gasteiger partial charge in [0.1, 0.15) is 5.75 Å². The minimum Gasteiger partial charge on any atom is -0.496 e. The van der Waals surface area contributed by atoms with E-state index in [-0.39, 0.29) is 11.5 Å². The van der Waals surface area contributed by atoms with Gasteiger partial charge in [0, 0.05) is 29.7 Å². The Labute approximate surface area is 146 Å². The van der Waals surface area contributed by atoms with E-state index < -0.39 is 0 Å². The standard InChI is InChI=1S/C18H22N2O3S/c1-4-24-16-8-6-5-7-15(16)18(22)19-9-10-20-13(2)11-14(23-3)12-17(20)21/h5-8,11-12H,4,9-10H2,1-3H3,(H,19,22). The number of hydrogen-bond acceptors (Lipinski definition) is 4. The highest BCUT2D eigenvalue weighted by Gasteiger charge is 2.11. The number of aryl methyl sites for hydroxylation is 1. The normalized spacial score (nSPS) is 10.5. The fourth-order valence-electron chi connectivity index (χ4n) is 2.42. The van der Waals surface area contributed by atoms with Gasteiger partial charge in [0.05, 0.1) is 12.7 Å². The molecule has 0 atom stereocenters. The van der Waals surface area contributed by atoms with Gasteiger partial charge in [0.2, 0.25) is 0 Å². The van der Waals surface area contributed by atoms with Gasteiger partial charge in [0.15, 0.2) is 0 Å².